The fourth-order valence-corrected chi connectivity index (χ4v) is 5.45. The minimum absolute atomic E-state index is 0.0773. The minimum atomic E-state index is -4.27. The number of methoxy groups -OCH3 is 3. The van der Waals surface area contributed by atoms with Gasteiger partial charge in [-0.2, -0.15) is 5.10 Å². The van der Waals surface area contributed by atoms with Gasteiger partial charge in [0.15, 0.2) is 11.5 Å². The summed E-state index contributed by atoms with van der Waals surface area (Å²) in [5.74, 6) is -0.870. The Morgan fingerprint density at radius 3 is 2.24 bits per heavy atom. The molecule has 1 aromatic heterocycles. The summed E-state index contributed by atoms with van der Waals surface area (Å²) in [5.41, 5.74) is 2.97. The first-order chi connectivity index (χ1) is 22.1. The van der Waals surface area contributed by atoms with Gasteiger partial charge in [0, 0.05) is 11.8 Å². The molecular formula is C31H31N5O9S. The molecule has 0 atom stereocenters. The van der Waals surface area contributed by atoms with Crippen LogP contribution in [0.4, 0.5) is 11.4 Å². The molecule has 0 bridgehead atoms. The van der Waals surface area contributed by atoms with E-state index in [9.17, 15) is 22.8 Å². The van der Waals surface area contributed by atoms with E-state index in [0.717, 1.165) is 4.31 Å². The van der Waals surface area contributed by atoms with Gasteiger partial charge >= 0.3 is 11.8 Å². The van der Waals surface area contributed by atoms with E-state index in [0.29, 0.717) is 22.9 Å². The number of rotatable bonds is 13. The fourth-order valence-electron chi connectivity index (χ4n) is 4.02. The molecule has 4 aromatic rings. The van der Waals surface area contributed by atoms with Crippen molar-refractivity contribution in [2.45, 2.75) is 11.4 Å². The standard InChI is InChI=1S/C31H31N5O9S/c1-42-23-11-9-22(10-12-23)36(46(40,41)26-15-16-27(43-2)28(17-26)44-3)20-29(37)35-33-19-25-14-13-24(45-25)18-32-30(38)31(39)34-21-7-5-4-6-8-21/h4-17,19H,18,20H2,1-3H3,(H,32,38)(H,34,39)(H,35,37)/b33-19-. The molecule has 0 saturated carbocycles. The van der Waals surface area contributed by atoms with E-state index in [1.54, 1.807) is 48.5 Å². The Bertz CT molecular complexity index is 1810. The number of ether oxygens (including phenoxy) is 3. The lowest BCUT2D eigenvalue weighted by atomic mass is 10.3. The molecule has 0 saturated heterocycles. The lowest BCUT2D eigenvalue weighted by molar-refractivity contribution is -0.136. The van der Waals surface area contributed by atoms with Gasteiger partial charge in [-0.15, -0.1) is 0 Å². The highest BCUT2D eigenvalue weighted by Gasteiger charge is 2.28. The van der Waals surface area contributed by atoms with Crippen molar-refractivity contribution < 1.29 is 41.4 Å². The monoisotopic (exact) mass is 649 g/mol. The second-order valence-corrected chi connectivity index (χ2v) is 11.2. The summed E-state index contributed by atoms with van der Waals surface area (Å²) < 4.78 is 49.6. The minimum Gasteiger partial charge on any atom is -0.497 e. The van der Waals surface area contributed by atoms with Crippen molar-refractivity contribution in [1.29, 1.82) is 0 Å². The van der Waals surface area contributed by atoms with Gasteiger partial charge in [0.25, 0.3) is 15.9 Å². The van der Waals surface area contributed by atoms with Gasteiger partial charge in [-0.3, -0.25) is 18.7 Å². The van der Waals surface area contributed by atoms with E-state index >= 15 is 0 Å². The van der Waals surface area contributed by atoms with E-state index in [1.165, 1.54) is 63.9 Å². The van der Waals surface area contributed by atoms with E-state index < -0.39 is 34.3 Å². The number of amides is 3. The highest BCUT2D eigenvalue weighted by atomic mass is 32.2. The maximum absolute atomic E-state index is 13.7. The molecule has 46 heavy (non-hydrogen) atoms. The number of sulfonamides is 1. The van der Waals surface area contributed by atoms with Crippen molar-refractivity contribution in [3.63, 3.8) is 0 Å². The van der Waals surface area contributed by atoms with Crippen molar-refractivity contribution in [1.82, 2.24) is 10.7 Å². The van der Waals surface area contributed by atoms with E-state index in [4.69, 9.17) is 18.6 Å². The molecule has 0 aliphatic heterocycles. The maximum Gasteiger partial charge on any atom is 0.313 e. The van der Waals surface area contributed by atoms with Gasteiger partial charge in [0.05, 0.1) is 44.7 Å². The zero-order chi connectivity index (χ0) is 33.1. The molecular weight excluding hydrogens is 618 g/mol. The van der Waals surface area contributed by atoms with Crippen LogP contribution in [0.3, 0.4) is 0 Å². The number of para-hydroxylation sites is 1. The number of benzene rings is 3. The Morgan fingerprint density at radius 1 is 0.848 bits per heavy atom. The van der Waals surface area contributed by atoms with Crippen LogP contribution in [-0.4, -0.2) is 60.2 Å². The quantitative estimate of drug-likeness (QED) is 0.112. The summed E-state index contributed by atoms with van der Waals surface area (Å²) in [5, 5.41) is 8.78. The van der Waals surface area contributed by atoms with Crippen LogP contribution in [0, 0.1) is 0 Å². The zero-order valence-electron chi connectivity index (χ0n) is 25.1. The van der Waals surface area contributed by atoms with Crippen LogP contribution >= 0.6 is 0 Å². The first kappa shape index (κ1) is 33.1. The van der Waals surface area contributed by atoms with Crippen molar-refractivity contribution in [3.8, 4) is 17.2 Å². The van der Waals surface area contributed by atoms with Crippen molar-refractivity contribution in [2.75, 3.05) is 37.5 Å². The molecule has 4 rings (SSSR count). The number of furan rings is 1. The van der Waals surface area contributed by atoms with Crippen LogP contribution in [0.25, 0.3) is 0 Å². The molecule has 15 heteroatoms. The van der Waals surface area contributed by atoms with Crippen LogP contribution in [0.5, 0.6) is 17.2 Å². The van der Waals surface area contributed by atoms with Crippen LogP contribution in [0.15, 0.2) is 99.3 Å². The summed E-state index contributed by atoms with van der Waals surface area (Å²) in [6.07, 6.45) is 1.20. The third kappa shape index (κ3) is 8.41. The van der Waals surface area contributed by atoms with E-state index in [1.807, 2.05) is 0 Å². The lowest BCUT2D eigenvalue weighted by Gasteiger charge is -2.24. The third-order valence-corrected chi connectivity index (χ3v) is 8.09. The van der Waals surface area contributed by atoms with Crippen LogP contribution in [-0.2, 0) is 31.0 Å². The second kappa shape index (κ2) is 15.3. The Balaban J connectivity index is 1.40. The first-order valence-electron chi connectivity index (χ1n) is 13.6. The van der Waals surface area contributed by atoms with Gasteiger partial charge in [0.1, 0.15) is 23.8 Å². The number of anilines is 2. The highest BCUT2D eigenvalue weighted by molar-refractivity contribution is 7.92. The van der Waals surface area contributed by atoms with Crippen LogP contribution < -0.4 is 34.6 Å². The smallest absolute Gasteiger partial charge is 0.313 e. The highest BCUT2D eigenvalue weighted by Crippen LogP contribution is 2.32. The van der Waals surface area contributed by atoms with Gasteiger partial charge in [-0.05, 0) is 60.7 Å². The number of hydrogen-bond donors (Lipinski definition) is 3. The molecule has 0 fully saturated rings. The summed E-state index contributed by atoms with van der Waals surface area (Å²) in [6, 6.07) is 21.8. The topological polar surface area (TPSA) is 178 Å². The number of nitrogens with one attached hydrogen (secondary N) is 3. The predicted octanol–water partition coefficient (Wildman–Crippen LogP) is 2.91. The van der Waals surface area contributed by atoms with Gasteiger partial charge in [-0.1, -0.05) is 18.2 Å². The third-order valence-electron chi connectivity index (χ3n) is 6.32. The number of hydrogen-bond acceptors (Lipinski definition) is 10. The molecule has 0 spiro atoms. The number of hydrazone groups is 1. The normalized spacial score (nSPS) is 11.0. The number of nitrogens with zero attached hydrogens (tertiary/aromatic N) is 2. The molecule has 1 heterocycles. The van der Waals surface area contributed by atoms with Crippen LogP contribution in [0.1, 0.15) is 11.5 Å². The average molecular weight is 650 g/mol. The first-order valence-corrected chi connectivity index (χ1v) is 15.0. The summed E-state index contributed by atoms with van der Waals surface area (Å²) in [6.45, 7) is -0.701. The maximum atomic E-state index is 13.7. The number of carbonyl (C=O) groups excluding carboxylic acids is 3. The molecule has 0 unspecified atom stereocenters. The fraction of sp³-hybridized carbons (Fsp3) is 0.161. The van der Waals surface area contributed by atoms with Gasteiger partial charge in [-0.25, -0.2) is 13.8 Å². The molecule has 0 aliphatic rings. The summed E-state index contributed by atoms with van der Waals surface area (Å²) >= 11 is 0. The van der Waals surface area contributed by atoms with E-state index in [2.05, 4.69) is 21.2 Å². The Morgan fingerprint density at radius 2 is 1.57 bits per heavy atom. The van der Waals surface area contributed by atoms with E-state index in [-0.39, 0.29) is 28.6 Å². The molecule has 0 aliphatic carbocycles. The molecule has 3 N–H and O–H groups in total. The van der Waals surface area contributed by atoms with Crippen molar-refractivity contribution >= 4 is 45.3 Å². The molecule has 3 amide bonds. The molecule has 0 radical (unpaired) electrons. The molecule has 240 valence electrons. The predicted molar refractivity (Wildman–Crippen MR) is 168 cm³/mol. The molecule has 3 aromatic carbocycles. The Kier molecular flexibility index (Phi) is 11.0. The second-order valence-electron chi connectivity index (χ2n) is 9.33. The SMILES string of the molecule is COc1ccc(N(CC(=O)N/N=C\c2ccc(CNC(=O)C(=O)Nc3ccccc3)o2)S(=O)(=O)c2ccc(OC)c(OC)c2)cc1. The van der Waals surface area contributed by atoms with Gasteiger partial charge in [0.2, 0.25) is 0 Å². The zero-order valence-corrected chi connectivity index (χ0v) is 25.9. The van der Waals surface area contributed by atoms with Gasteiger partial charge < -0.3 is 29.3 Å². The average Bonchev–Trinajstić information content (AvgIpc) is 3.53. The van der Waals surface area contributed by atoms with Crippen LogP contribution in [0.2, 0.25) is 0 Å². The lowest BCUT2D eigenvalue weighted by Crippen LogP contribution is -2.39. The number of carbonyl (C=O) groups is 3. The summed E-state index contributed by atoms with van der Waals surface area (Å²) in [7, 11) is 0.00584. The largest absolute Gasteiger partial charge is 0.497 e. The molecule has 14 nitrogen and oxygen atoms in total. The Hall–Kier alpha value is -5.83. The van der Waals surface area contributed by atoms with Crippen molar-refractivity contribution in [2.24, 2.45) is 5.10 Å². The van der Waals surface area contributed by atoms with Crippen molar-refractivity contribution in [3.05, 3.63) is 96.4 Å². The summed E-state index contributed by atoms with van der Waals surface area (Å²) in [4.78, 5) is 36.9. The Labute approximate surface area is 265 Å².